The number of hydrogen-bond donors (Lipinski definition) is 0. The maximum absolute atomic E-state index is 11.7. The van der Waals surface area contributed by atoms with E-state index in [1.54, 1.807) is 0 Å². The van der Waals surface area contributed by atoms with Crippen LogP contribution in [0.2, 0.25) is 0 Å². The van der Waals surface area contributed by atoms with Crippen molar-refractivity contribution < 1.29 is 4.79 Å². The van der Waals surface area contributed by atoms with Crippen LogP contribution in [0.5, 0.6) is 0 Å². The zero-order valence-electron chi connectivity index (χ0n) is 9.25. The third-order valence-electron chi connectivity index (χ3n) is 2.82. The minimum atomic E-state index is 0.152. The molecule has 0 spiro atoms. The summed E-state index contributed by atoms with van der Waals surface area (Å²) in [7, 11) is 0. The van der Waals surface area contributed by atoms with Crippen molar-refractivity contribution in [3.8, 4) is 0 Å². The van der Waals surface area contributed by atoms with Gasteiger partial charge >= 0.3 is 0 Å². The SMILES string of the molecule is C=CCCC(=O)C1C=CCC(C)(C)C1. The van der Waals surface area contributed by atoms with E-state index in [0.717, 1.165) is 19.3 Å². The maximum Gasteiger partial charge on any atom is 0.140 e. The summed E-state index contributed by atoms with van der Waals surface area (Å²) in [6.07, 6.45) is 9.60. The van der Waals surface area contributed by atoms with Crippen molar-refractivity contribution in [1.82, 2.24) is 0 Å². The van der Waals surface area contributed by atoms with Gasteiger partial charge in [0.1, 0.15) is 5.78 Å². The molecule has 1 unspecified atom stereocenters. The number of hydrogen-bond acceptors (Lipinski definition) is 1. The molecule has 0 N–H and O–H groups in total. The van der Waals surface area contributed by atoms with Crippen LogP contribution in [-0.2, 0) is 4.79 Å². The first kappa shape index (κ1) is 11.2. The van der Waals surface area contributed by atoms with Crippen LogP contribution < -0.4 is 0 Å². The Bertz CT molecular complexity index is 248. The molecule has 1 atom stereocenters. The van der Waals surface area contributed by atoms with Crippen LogP contribution in [0.4, 0.5) is 0 Å². The molecular weight excluding hydrogens is 172 g/mol. The molecule has 0 bridgehead atoms. The number of Topliss-reactive ketones (excluding diaryl/α,β-unsaturated/α-hetero) is 1. The highest BCUT2D eigenvalue weighted by atomic mass is 16.1. The second-order valence-corrected chi connectivity index (χ2v) is 4.90. The lowest BCUT2D eigenvalue weighted by Gasteiger charge is -2.30. The molecule has 0 saturated carbocycles. The number of carbonyl (C=O) groups excluding carboxylic acids is 1. The summed E-state index contributed by atoms with van der Waals surface area (Å²) in [5.74, 6) is 0.521. The van der Waals surface area contributed by atoms with E-state index >= 15 is 0 Å². The third kappa shape index (κ3) is 3.13. The molecule has 0 amide bonds. The van der Waals surface area contributed by atoms with Crippen LogP contribution in [0, 0.1) is 11.3 Å². The van der Waals surface area contributed by atoms with Gasteiger partial charge in [0.2, 0.25) is 0 Å². The van der Waals surface area contributed by atoms with Crippen LogP contribution in [0.1, 0.15) is 39.5 Å². The molecule has 1 aliphatic rings. The van der Waals surface area contributed by atoms with Gasteiger partial charge < -0.3 is 0 Å². The molecule has 0 fully saturated rings. The molecule has 0 aromatic rings. The van der Waals surface area contributed by atoms with Crippen molar-refractivity contribution in [3.63, 3.8) is 0 Å². The first-order valence-corrected chi connectivity index (χ1v) is 5.35. The van der Waals surface area contributed by atoms with Gasteiger partial charge in [-0.1, -0.05) is 32.1 Å². The van der Waals surface area contributed by atoms with Crippen molar-refractivity contribution in [3.05, 3.63) is 24.8 Å². The molecule has 14 heavy (non-hydrogen) atoms. The molecule has 0 radical (unpaired) electrons. The van der Waals surface area contributed by atoms with Crippen LogP contribution in [0.3, 0.4) is 0 Å². The van der Waals surface area contributed by atoms with Gasteiger partial charge in [0.05, 0.1) is 0 Å². The predicted octanol–water partition coefficient (Wildman–Crippen LogP) is 3.51. The van der Waals surface area contributed by atoms with Gasteiger partial charge in [0.15, 0.2) is 0 Å². The van der Waals surface area contributed by atoms with Crippen molar-refractivity contribution >= 4 is 5.78 Å². The highest BCUT2D eigenvalue weighted by Gasteiger charge is 2.27. The molecule has 1 aliphatic carbocycles. The van der Waals surface area contributed by atoms with E-state index in [9.17, 15) is 4.79 Å². The van der Waals surface area contributed by atoms with Gasteiger partial charge in [-0.2, -0.15) is 0 Å². The summed E-state index contributed by atoms with van der Waals surface area (Å²) in [4.78, 5) is 11.7. The smallest absolute Gasteiger partial charge is 0.140 e. The Balaban J connectivity index is 2.52. The first-order chi connectivity index (χ1) is 6.55. The van der Waals surface area contributed by atoms with Gasteiger partial charge in [0.25, 0.3) is 0 Å². The van der Waals surface area contributed by atoms with E-state index < -0.39 is 0 Å². The zero-order valence-corrected chi connectivity index (χ0v) is 9.25. The van der Waals surface area contributed by atoms with Gasteiger partial charge in [-0.05, 0) is 24.7 Å². The lowest BCUT2D eigenvalue weighted by atomic mass is 9.74. The zero-order chi connectivity index (χ0) is 10.6. The molecule has 0 aromatic heterocycles. The number of allylic oxidation sites excluding steroid dienone is 3. The van der Waals surface area contributed by atoms with Crippen LogP contribution in [0.15, 0.2) is 24.8 Å². The first-order valence-electron chi connectivity index (χ1n) is 5.35. The molecular formula is C13H20O. The van der Waals surface area contributed by atoms with Crippen molar-refractivity contribution in [2.24, 2.45) is 11.3 Å². The molecule has 0 saturated heterocycles. The topological polar surface area (TPSA) is 17.1 Å². The average Bonchev–Trinajstić information content (AvgIpc) is 2.12. The molecule has 0 aliphatic heterocycles. The number of rotatable bonds is 4. The van der Waals surface area contributed by atoms with E-state index in [0.29, 0.717) is 17.6 Å². The summed E-state index contributed by atoms with van der Waals surface area (Å²) < 4.78 is 0. The molecule has 0 aromatic carbocycles. The normalized spacial score (nSPS) is 24.6. The Morgan fingerprint density at radius 1 is 1.64 bits per heavy atom. The lowest BCUT2D eigenvalue weighted by molar-refractivity contribution is -0.122. The number of ketones is 1. The van der Waals surface area contributed by atoms with Gasteiger partial charge in [0, 0.05) is 12.3 Å². The fourth-order valence-corrected chi connectivity index (χ4v) is 1.95. The Kier molecular flexibility index (Phi) is 3.68. The van der Waals surface area contributed by atoms with E-state index in [2.05, 4.69) is 32.6 Å². The molecule has 78 valence electrons. The number of carbonyl (C=O) groups is 1. The minimum absolute atomic E-state index is 0.152. The van der Waals surface area contributed by atoms with E-state index in [1.807, 2.05) is 6.08 Å². The van der Waals surface area contributed by atoms with E-state index in [-0.39, 0.29) is 5.92 Å². The van der Waals surface area contributed by atoms with E-state index in [1.165, 1.54) is 0 Å². The van der Waals surface area contributed by atoms with Gasteiger partial charge in [-0.15, -0.1) is 6.58 Å². The second kappa shape index (κ2) is 4.59. The van der Waals surface area contributed by atoms with Crippen LogP contribution in [-0.4, -0.2) is 5.78 Å². The molecule has 1 heteroatoms. The summed E-state index contributed by atoms with van der Waals surface area (Å²) in [6.45, 7) is 8.09. The Labute approximate surface area is 86.9 Å². The van der Waals surface area contributed by atoms with Gasteiger partial charge in [-0.25, -0.2) is 0 Å². The predicted molar refractivity (Wildman–Crippen MR) is 60.1 cm³/mol. The quantitative estimate of drug-likeness (QED) is 0.623. The Morgan fingerprint density at radius 2 is 2.36 bits per heavy atom. The van der Waals surface area contributed by atoms with Crippen LogP contribution >= 0.6 is 0 Å². The monoisotopic (exact) mass is 192 g/mol. The molecule has 0 heterocycles. The fourth-order valence-electron chi connectivity index (χ4n) is 1.95. The van der Waals surface area contributed by atoms with Crippen molar-refractivity contribution in [2.75, 3.05) is 0 Å². The second-order valence-electron chi connectivity index (χ2n) is 4.90. The minimum Gasteiger partial charge on any atom is -0.299 e. The standard InChI is InChI=1S/C13H20O/c1-4-5-8-12(14)11-7-6-9-13(2,3)10-11/h4,6-7,11H,1,5,8-10H2,2-3H3. The van der Waals surface area contributed by atoms with Gasteiger partial charge in [-0.3, -0.25) is 4.79 Å². The Morgan fingerprint density at radius 3 is 2.93 bits per heavy atom. The maximum atomic E-state index is 11.7. The summed E-state index contributed by atoms with van der Waals surface area (Å²) in [5, 5.41) is 0. The fraction of sp³-hybridized carbons (Fsp3) is 0.615. The summed E-state index contributed by atoms with van der Waals surface area (Å²) in [6, 6.07) is 0. The summed E-state index contributed by atoms with van der Waals surface area (Å²) >= 11 is 0. The molecule has 1 nitrogen and oxygen atoms in total. The largest absolute Gasteiger partial charge is 0.299 e. The highest BCUT2D eigenvalue weighted by Crippen LogP contribution is 2.35. The van der Waals surface area contributed by atoms with E-state index in [4.69, 9.17) is 0 Å². The average molecular weight is 192 g/mol. The van der Waals surface area contributed by atoms with Crippen molar-refractivity contribution in [2.45, 2.75) is 39.5 Å². The Hall–Kier alpha value is -0.850. The third-order valence-corrected chi connectivity index (χ3v) is 2.82. The summed E-state index contributed by atoms with van der Waals surface area (Å²) in [5.41, 5.74) is 0.295. The van der Waals surface area contributed by atoms with Crippen LogP contribution in [0.25, 0.3) is 0 Å². The van der Waals surface area contributed by atoms with Crippen molar-refractivity contribution in [1.29, 1.82) is 0 Å². The lowest BCUT2D eigenvalue weighted by Crippen LogP contribution is -2.24. The highest BCUT2D eigenvalue weighted by molar-refractivity contribution is 5.83. The molecule has 1 rings (SSSR count).